The van der Waals surface area contributed by atoms with Crippen LogP contribution in [0.4, 0.5) is 13.2 Å². The molecule has 2 atom stereocenters. The van der Waals surface area contributed by atoms with Crippen LogP contribution in [0.5, 0.6) is 0 Å². The molecular formula is C10H11F3O3. The van der Waals surface area contributed by atoms with Crippen LogP contribution >= 0.6 is 0 Å². The fraction of sp³-hybridized carbons (Fsp3) is 0.400. The molecule has 0 saturated heterocycles. The minimum absolute atomic E-state index is 0.195. The zero-order valence-electron chi connectivity index (χ0n) is 8.20. The maximum Gasteiger partial charge on any atom is 0.161 e. The normalized spacial score (nSPS) is 14.9. The van der Waals surface area contributed by atoms with Gasteiger partial charge in [-0.15, -0.1) is 0 Å². The summed E-state index contributed by atoms with van der Waals surface area (Å²) < 4.78 is 38.5. The molecule has 0 heterocycles. The second-order valence-corrected chi connectivity index (χ2v) is 3.31. The fourth-order valence-corrected chi connectivity index (χ4v) is 1.26. The summed E-state index contributed by atoms with van der Waals surface area (Å²) in [6.07, 6.45) is -3.34. The molecule has 3 nitrogen and oxygen atoms in total. The van der Waals surface area contributed by atoms with E-state index >= 15 is 0 Å². The summed E-state index contributed by atoms with van der Waals surface area (Å²) in [5.74, 6) is -3.83. The monoisotopic (exact) mass is 236 g/mol. The molecule has 0 bridgehead atoms. The van der Waals surface area contributed by atoms with Crippen molar-refractivity contribution in [1.82, 2.24) is 0 Å². The van der Waals surface area contributed by atoms with Gasteiger partial charge in [0.25, 0.3) is 0 Å². The quantitative estimate of drug-likeness (QED) is 0.680. The number of benzene rings is 1. The van der Waals surface area contributed by atoms with E-state index in [0.717, 1.165) is 0 Å². The number of aliphatic hydroxyl groups is 3. The summed E-state index contributed by atoms with van der Waals surface area (Å²) in [7, 11) is 0. The summed E-state index contributed by atoms with van der Waals surface area (Å²) in [5.41, 5.74) is -0.542. The van der Waals surface area contributed by atoms with E-state index in [1.807, 2.05) is 0 Å². The Balaban J connectivity index is 2.99. The summed E-state index contributed by atoms with van der Waals surface area (Å²) in [4.78, 5) is 0. The van der Waals surface area contributed by atoms with Crippen molar-refractivity contribution in [3.05, 3.63) is 35.1 Å². The molecule has 0 aliphatic carbocycles. The van der Waals surface area contributed by atoms with Crippen molar-refractivity contribution in [1.29, 1.82) is 0 Å². The molecule has 2 unspecified atom stereocenters. The van der Waals surface area contributed by atoms with Crippen molar-refractivity contribution < 1.29 is 28.5 Å². The minimum atomic E-state index is -1.71. The lowest BCUT2D eigenvalue weighted by Crippen LogP contribution is -2.20. The third kappa shape index (κ3) is 2.72. The Morgan fingerprint density at radius 1 is 1.00 bits per heavy atom. The lowest BCUT2D eigenvalue weighted by molar-refractivity contribution is 0.00212. The van der Waals surface area contributed by atoms with Gasteiger partial charge < -0.3 is 15.3 Å². The first kappa shape index (κ1) is 13.0. The Morgan fingerprint density at radius 2 is 1.56 bits per heavy atom. The fourth-order valence-electron chi connectivity index (χ4n) is 1.26. The van der Waals surface area contributed by atoms with Crippen molar-refractivity contribution >= 4 is 0 Å². The summed E-state index contributed by atoms with van der Waals surface area (Å²) in [5, 5.41) is 27.2. The number of rotatable bonds is 4. The van der Waals surface area contributed by atoms with Crippen LogP contribution in [0.1, 0.15) is 18.1 Å². The first-order valence-electron chi connectivity index (χ1n) is 4.58. The minimum Gasteiger partial charge on any atom is -0.396 e. The molecule has 0 amide bonds. The maximum atomic E-state index is 13.1. The van der Waals surface area contributed by atoms with Gasteiger partial charge in [0.05, 0.1) is 6.10 Å². The average molecular weight is 236 g/mol. The lowest BCUT2D eigenvalue weighted by atomic mass is 10.0. The molecule has 0 spiro atoms. The van der Waals surface area contributed by atoms with E-state index < -0.39 is 41.8 Å². The smallest absolute Gasteiger partial charge is 0.161 e. The molecule has 0 aliphatic heterocycles. The Hall–Kier alpha value is -1.11. The van der Waals surface area contributed by atoms with Gasteiger partial charge in [-0.2, -0.15) is 0 Å². The highest BCUT2D eigenvalue weighted by atomic mass is 19.2. The first-order valence-corrected chi connectivity index (χ1v) is 4.58. The van der Waals surface area contributed by atoms with E-state index in [4.69, 9.17) is 5.11 Å². The average Bonchev–Trinajstić information content (AvgIpc) is 2.23. The summed E-state index contributed by atoms with van der Waals surface area (Å²) >= 11 is 0. The zero-order valence-corrected chi connectivity index (χ0v) is 8.20. The first-order chi connectivity index (χ1) is 7.47. The van der Waals surface area contributed by atoms with Gasteiger partial charge in [0.1, 0.15) is 11.9 Å². The SMILES string of the molecule is OCCC(O)C(O)c1cc(F)c(F)cc1F. The van der Waals surface area contributed by atoms with Gasteiger partial charge in [-0.1, -0.05) is 0 Å². The molecule has 6 heteroatoms. The number of halogens is 3. The Bertz CT molecular complexity index is 371. The molecule has 0 aliphatic rings. The zero-order chi connectivity index (χ0) is 12.3. The molecule has 0 fully saturated rings. The highest BCUT2D eigenvalue weighted by Gasteiger charge is 2.23. The van der Waals surface area contributed by atoms with Crippen LogP contribution in [-0.4, -0.2) is 28.0 Å². The number of hydrogen-bond donors (Lipinski definition) is 3. The van der Waals surface area contributed by atoms with E-state index in [9.17, 15) is 23.4 Å². The van der Waals surface area contributed by atoms with E-state index in [1.165, 1.54) is 0 Å². The van der Waals surface area contributed by atoms with Crippen LogP contribution in [0.15, 0.2) is 12.1 Å². The van der Waals surface area contributed by atoms with Crippen LogP contribution in [0, 0.1) is 17.5 Å². The number of hydrogen-bond acceptors (Lipinski definition) is 3. The van der Waals surface area contributed by atoms with Gasteiger partial charge in [-0.25, -0.2) is 13.2 Å². The second-order valence-electron chi connectivity index (χ2n) is 3.31. The predicted octanol–water partition coefficient (Wildman–Crippen LogP) is 0.881. The van der Waals surface area contributed by atoms with Crippen molar-refractivity contribution in [2.24, 2.45) is 0 Å². The largest absolute Gasteiger partial charge is 0.396 e. The molecular weight excluding hydrogens is 225 g/mol. The number of aliphatic hydroxyl groups excluding tert-OH is 3. The topological polar surface area (TPSA) is 60.7 Å². The molecule has 1 aromatic carbocycles. The van der Waals surface area contributed by atoms with E-state index in [2.05, 4.69) is 0 Å². The van der Waals surface area contributed by atoms with Crippen LogP contribution in [-0.2, 0) is 0 Å². The van der Waals surface area contributed by atoms with Crippen LogP contribution in [0.25, 0.3) is 0 Å². The molecule has 1 aromatic rings. The highest BCUT2D eigenvalue weighted by Crippen LogP contribution is 2.24. The van der Waals surface area contributed by atoms with Crippen LogP contribution < -0.4 is 0 Å². The third-order valence-electron chi connectivity index (χ3n) is 2.15. The van der Waals surface area contributed by atoms with Crippen LogP contribution in [0.2, 0.25) is 0 Å². The van der Waals surface area contributed by atoms with Crippen molar-refractivity contribution in [2.45, 2.75) is 18.6 Å². The van der Waals surface area contributed by atoms with E-state index in [-0.39, 0.29) is 6.42 Å². The highest BCUT2D eigenvalue weighted by molar-refractivity contribution is 5.23. The van der Waals surface area contributed by atoms with Gasteiger partial charge in [0.15, 0.2) is 11.6 Å². The standard InChI is InChI=1S/C10H11F3O3/c11-6-4-8(13)7(12)3-5(6)10(16)9(15)1-2-14/h3-4,9-10,14-16H,1-2H2. The molecule has 0 aromatic heterocycles. The van der Waals surface area contributed by atoms with Crippen molar-refractivity contribution in [3.8, 4) is 0 Å². The third-order valence-corrected chi connectivity index (χ3v) is 2.15. The van der Waals surface area contributed by atoms with Gasteiger partial charge in [0, 0.05) is 18.2 Å². The molecule has 3 N–H and O–H groups in total. The van der Waals surface area contributed by atoms with Gasteiger partial charge in [0.2, 0.25) is 0 Å². The molecule has 0 saturated carbocycles. The summed E-state index contributed by atoms with van der Waals surface area (Å²) in [6.45, 7) is -0.413. The van der Waals surface area contributed by atoms with Crippen LogP contribution in [0.3, 0.4) is 0 Å². The lowest BCUT2D eigenvalue weighted by Gasteiger charge is -2.17. The summed E-state index contributed by atoms with van der Waals surface area (Å²) in [6, 6.07) is 0.773. The van der Waals surface area contributed by atoms with Crippen molar-refractivity contribution in [3.63, 3.8) is 0 Å². The Kier molecular flexibility index (Phi) is 4.28. The molecule has 16 heavy (non-hydrogen) atoms. The Morgan fingerprint density at radius 3 is 2.12 bits per heavy atom. The van der Waals surface area contributed by atoms with Gasteiger partial charge >= 0.3 is 0 Å². The maximum absolute atomic E-state index is 13.1. The molecule has 0 radical (unpaired) electrons. The predicted molar refractivity (Wildman–Crippen MR) is 49.0 cm³/mol. The molecule has 90 valence electrons. The van der Waals surface area contributed by atoms with E-state index in [0.29, 0.717) is 12.1 Å². The second kappa shape index (κ2) is 5.29. The molecule has 1 rings (SSSR count). The van der Waals surface area contributed by atoms with Gasteiger partial charge in [-0.05, 0) is 12.5 Å². The Labute approximate surface area is 89.8 Å². The van der Waals surface area contributed by atoms with Crippen molar-refractivity contribution in [2.75, 3.05) is 6.61 Å². The van der Waals surface area contributed by atoms with Gasteiger partial charge in [-0.3, -0.25) is 0 Å². The van der Waals surface area contributed by atoms with E-state index in [1.54, 1.807) is 0 Å².